The van der Waals surface area contributed by atoms with Crippen LogP contribution < -0.4 is 27.0 Å². The molecule has 1 aromatic carbocycles. The molecule has 0 saturated carbocycles. The molecule has 12 heteroatoms. The number of fused-ring (bicyclic) bond motifs is 1. The molecule has 1 saturated heterocycles. The first-order valence-electron chi connectivity index (χ1n) is 12.9. The number of nitrogens with zero attached hydrogens (tertiary/aromatic N) is 6. The van der Waals surface area contributed by atoms with E-state index in [4.69, 9.17) is 21.9 Å². The second kappa shape index (κ2) is 11.2. The summed E-state index contributed by atoms with van der Waals surface area (Å²) in [6, 6.07) is 5.27. The standard InChI is InChI=1S/C27H37N11O/c1-16-7-8-17(25(39)34-20(29)14-19(28)27(2,3)4)13-18(16)33-24-22-21(31-15-32-24)23(30)36-26(35-22)38-10-6-9-37(5)11-12-38/h7-8,13-15,28H,6,9-12,29H2,1-5H3,(H,34,39)(H2,30,35,36)(H,31,32,33)/b20-14+,28-19?. The monoisotopic (exact) mass is 531 g/mol. The Balaban J connectivity index is 1.62. The van der Waals surface area contributed by atoms with Gasteiger partial charge in [-0.05, 0) is 50.7 Å². The second-order valence-corrected chi connectivity index (χ2v) is 10.8. The molecule has 3 heterocycles. The Bertz CT molecular complexity index is 1430. The molecule has 4 rings (SSSR count). The Labute approximate surface area is 228 Å². The van der Waals surface area contributed by atoms with Gasteiger partial charge < -0.3 is 37.3 Å². The molecule has 2 aromatic heterocycles. The van der Waals surface area contributed by atoms with Crippen molar-refractivity contribution in [2.75, 3.05) is 49.2 Å². The molecule has 1 amide bonds. The van der Waals surface area contributed by atoms with Gasteiger partial charge in [0.1, 0.15) is 23.2 Å². The zero-order valence-corrected chi connectivity index (χ0v) is 23.2. The number of benzene rings is 1. The fourth-order valence-electron chi connectivity index (χ4n) is 4.07. The molecule has 3 aromatic rings. The zero-order valence-electron chi connectivity index (χ0n) is 23.2. The number of aryl methyl sites for hydroxylation is 1. The van der Waals surface area contributed by atoms with Crippen LogP contribution in [-0.2, 0) is 0 Å². The van der Waals surface area contributed by atoms with Crippen molar-refractivity contribution >= 4 is 45.9 Å². The SMILES string of the molecule is Cc1ccc(C(=O)N/C(N)=C/C(=N)C(C)(C)C)cc1Nc1ncnc2c(N)nc(N3CCCN(C)CC3)nc12. The number of aromatic nitrogens is 4. The summed E-state index contributed by atoms with van der Waals surface area (Å²) in [6.45, 7) is 11.2. The van der Waals surface area contributed by atoms with Crippen LogP contribution in [0, 0.1) is 17.7 Å². The van der Waals surface area contributed by atoms with Crippen LogP contribution >= 0.6 is 0 Å². The van der Waals surface area contributed by atoms with Crippen LogP contribution in [0.5, 0.6) is 0 Å². The van der Waals surface area contributed by atoms with Crippen molar-refractivity contribution in [2.24, 2.45) is 11.1 Å². The lowest BCUT2D eigenvalue weighted by atomic mass is 9.90. The maximum atomic E-state index is 12.9. The van der Waals surface area contributed by atoms with Crippen LogP contribution in [0.2, 0.25) is 0 Å². The average Bonchev–Trinajstić information content (AvgIpc) is 3.09. The number of carbonyl (C=O) groups excluding carboxylic acids is 1. The van der Waals surface area contributed by atoms with Crippen LogP contribution in [0.3, 0.4) is 0 Å². The molecule has 0 bridgehead atoms. The van der Waals surface area contributed by atoms with E-state index in [1.165, 1.54) is 12.4 Å². The van der Waals surface area contributed by atoms with Crippen LogP contribution in [-0.4, -0.2) is 69.7 Å². The van der Waals surface area contributed by atoms with E-state index in [9.17, 15) is 4.79 Å². The minimum Gasteiger partial charge on any atom is -0.385 e. The number of nitrogens with two attached hydrogens (primary N) is 2. The summed E-state index contributed by atoms with van der Waals surface area (Å²) in [5.74, 6) is 1.00. The maximum Gasteiger partial charge on any atom is 0.256 e. The number of allylic oxidation sites excluding steroid dienone is 1. The van der Waals surface area contributed by atoms with Gasteiger partial charge in [-0.25, -0.2) is 15.0 Å². The average molecular weight is 532 g/mol. The third-order valence-corrected chi connectivity index (χ3v) is 6.62. The minimum atomic E-state index is -0.388. The molecule has 1 aliphatic heterocycles. The number of nitrogen functional groups attached to an aromatic ring is 1. The first-order valence-corrected chi connectivity index (χ1v) is 12.9. The van der Waals surface area contributed by atoms with Crippen molar-refractivity contribution in [3.63, 3.8) is 0 Å². The van der Waals surface area contributed by atoms with Crippen LogP contribution in [0.4, 0.5) is 23.3 Å². The number of hydrogen-bond acceptors (Lipinski definition) is 11. The van der Waals surface area contributed by atoms with Crippen molar-refractivity contribution in [3.05, 3.63) is 47.6 Å². The summed E-state index contributed by atoms with van der Waals surface area (Å²) >= 11 is 0. The van der Waals surface area contributed by atoms with Gasteiger partial charge in [-0.15, -0.1) is 0 Å². The summed E-state index contributed by atoms with van der Waals surface area (Å²) in [5.41, 5.74) is 15.1. The normalized spacial score (nSPS) is 15.2. The lowest BCUT2D eigenvalue weighted by molar-refractivity contribution is 0.0965. The van der Waals surface area contributed by atoms with Crippen LogP contribution in [0.25, 0.3) is 11.0 Å². The van der Waals surface area contributed by atoms with Gasteiger partial charge in [-0.1, -0.05) is 26.8 Å². The minimum absolute atomic E-state index is 0.108. The highest BCUT2D eigenvalue weighted by atomic mass is 16.1. The van der Waals surface area contributed by atoms with Gasteiger partial charge in [0, 0.05) is 42.0 Å². The van der Waals surface area contributed by atoms with Crippen molar-refractivity contribution in [3.8, 4) is 0 Å². The molecular formula is C27H37N11O. The van der Waals surface area contributed by atoms with E-state index in [0.29, 0.717) is 39.8 Å². The third kappa shape index (κ3) is 6.58. The Morgan fingerprint density at radius 3 is 2.62 bits per heavy atom. The largest absolute Gasteiger partial charge is 0.385 e. The van der Waals surface area contributed by atoms with Crippen molar-refractivity contribution in [1.82, 2.24) is 30.2 Å². The highest BCUT2D eigenvalue weighted by molar-refractivity contribution is 6.00. The predicted molar refractivity (Wildman–Crippen MR) is 155 cm³/mol. The molecule has 1 fully saturated rings. The molecule has 0 radical (unpaired) electrons. The molecule has 0 unspecified atom stereocenters. The summed E-state index contributed by atoms with van der Waals surface area (Å²) < 4.78 is 0. The van der Waals surface area contributed by atoms with Gasteiger partial charge in [0.25, 0.3) is 5.91 Å². The van der Waals surface area contributed by atoms with E-state index >= 15 is 0 Å². The summed E-state index contributed by atoms with van der Waals surface area (Å²) in [7, 11) is 2.10. The number of likely N-dealkylation sites (N-methyl/N-ethyl adjacent to an activating group) is 1. The quantitative estimate of drug-likeness (QED) is 0.297. The van der Waals surface area contributed by atoms with Crippen molar-refractivity contribution in [1.29, 1.82) is 5.41 Å². The Hall–Kier alpha value is -4.32. The molecular weight excluding hydrogens is 494 g/mol. The van der Waals surface area contributed by atoms with E-state index in [1.54, 1.807) is 12.1 Å². The summed E-state index contributed by atoms with van der Waals surface area (Å²) in [5, 5.41) is 14.1. The molecule has 0 spiro atoms. The van der Waals surface area contributed by atoms with Crippen LogP contribution in [0.15, 0.2) is 36.4 Å². The molecule has 0 aliphatic carbocycles. The van der Waals surface area contributed by atoms with Crippen molar-refractivity contribution in [2.45, 2.75) is 34.1 Å². The number of carbonyl (C=O) groups is 1. The van der Waals surface area contributed by atoms with E-state index in [1.807, 2.05) is 33.8 Å². The fraction of sp³-hybridized carbons (Fsp3) is 0.407. The van der Waals surface area contributed by atoms with E-state index in [0.717, 1.165) is 38.2 Å². The zero-order chi connectivity index (χ0) is 28.3. The van der Waals surface area contributed by atoms with E-state index in [-0.39, 0.29) is 23.0 Å². The Morgan fingerprint density at radius 1 is 1.10 bits per heavy atom. The number of hydrogen-bond donors (Lipinski definition) is 5. The van der Waals surface area contributed by atoms with Gasteiger partial charge in [0.05, 0.1) is 0 Å². The van der Waals surface area contributed by atoms with Crippen LogP contribution in [0.1, 0.15) is 43.1 Å². The topological polar surface area (TPSA) is 175 Å². The molecule has 1 aliphatic rings. The first-order chi connectivity index (χ1) is 18.4. The van der Waals surface area contributed by atoms with Gasteiger partial charge in [0.15, 0.2) is 11.6 Å². The lowest BCUT2D eigenvalue weighted by Crippen LogP contribution is -2.30. The first kappa shape index (κ1) is 27.7. The van der Waals surface area contributed by atoms with E-state index in [2.05, 4.69) is 42.4 Å². The van der Waals surface area contributed by atoms with E-state index < -0.39 is 0 Å². The fourth-order valence-corrected chi connectivity index (χ4v) is 4.07. The molecule has 206 valence electrons. The van der Waals surface area contributed by atoms with Gasteiger partial charge >= 0.3 is 0 Å². The van der Waals surface area contributed by atoms with Gasteiger partial charge in [0.2, 0.25) is 5.95 Å². The van der Waals surface area contributed by atoms with Gasteiger partial charge in [-0.2, -0.15) is 4.98 Å². The van der Waals surface area contributed by atoms with Crippen molar-refractivity contribution < 1.29 is 4.79 Å². The predicted octanol–water partition coefficient (Wildman–Crippen LogP) is 2.79. The maximum absolute atomic E-state index is 12.9. The molecule has 0 atom stereocenters. The Kier molecular flexibility index (Phi) is 7.95. The molecule has 12 nitrogen and oxygen atoms in total. The second-order valence-electron chi connectivity index (χ2n) is 10.8. The van der Waals surface area contributed by atoms with Gasteiger partial charge in [-0.3, -0.25) is 4.79 Å². The smallest absolute Gasteiger partial charge is 0.256 e. The highest BCUT2D eigenvalue weighted by Crippen LogP contribution is 2.28. The third-order valence-electron chi connectivity index (χ3n) is 6.62. The highest BCUT2D eigenvalue weighted by Gasteiger charge is 2.20. The number of amides is 1. The number of anilines is 4. The lowest BCUT2D eigenvalue weighted by Gasteiger charge is -2.21. The number of nitrogens with one attached hydrogen (secondary N) is 3. The summed E-state index contributed by atoms with van der Waals surface area (Å²) in [6.07, 6.45) is 3.87. The Morgan fingerprint density at radius 2 is 1.87 bits per heavy atom. The number of rotatable bonds is 6. The summed E-state index contributed by atoms with van der Waals surface area (Å²) in [4.78, 5) is 35.4. The molecule has 7 N–H and O–H groups in total. The molecule has 39 heavy (non-hydrogen) atoms.